The zero-order valence-electron chi connectivity index (χ0n) is 12.4. The molecule has 0 aliphatic heterocycles. The van der Waals surface area contributed by atoms with E-state index in [1.54, 1.807) is 0 Å². The lowest BCUT2D eigenvalue weighted by atomic mass is 9.96. The van der Waals surface area contributed by atoms with Crippen LogP contribution in [0.5, 0.6) is 0 Å². The number of hydrogen-bond acceptors (Lipinski definition) is 1. The molecule has 94 valence electrons. The van der Waals surface area contributed by atoms with Crippen LogP contribution < -0.4 is 0 Å². The fraction of sp³-hybridized carbons (Fsp3) is 0.667. The Morgan fingerprint density at radius 2 is 1.56 bits per heavy atom. The summed E-state index contributed by atoms with van der Waals surface area (Å²) in [5.74, 6) is 0.587. The Labute approximate surface area is 102 Å². The second-order valence-electron chi connectivity index (χ2n) is 3.52. The molecular formula is C15H29N. The molecule has 0 saturated heterocycles. The van der Waals surface area contributed by atoms with Gasteiger partial charge in [-0.05, 0) is 36.0 Å². The minimum absolute atomic E-state index is 0.587. The zero-order valence-corrected chi connectivity index (χ0v) is 12.4. The quantitative estimate of drug-likeness (QED) is 0.677. The summed E-state index contributed by atoms with van der Waals surface area (Å²) >= 11 is 0. The first-order valence-corrected chi connectivity index (χ1v) is 6.60. The maximum Gasteiger partial charge on any atom is 0.0305 e. The van der Waals surface area contributed by atoms with Crippen LogP contribution in [0.15, 0.2) is 12.4 Å². The molecule has 0 fully saturated rings. The molecule has 1 aromatic rings. The highest BCUT2D eigenvalue weighted by atomic mass is 14.6. The van der Waals surface area contributed by atoms with Crippen molar-refractivity contribution in [3.8, 4) is 0 Å². The molecule has 0 N–H and O–H groups in total. The van der Waals surface area contributed by atoms with E-state index in [9.17, 15) is 0 Å². The topological polar surface area (TPSA) is 12.9 Å². The Hall–Kier alpha value is -0.850. The summed E-state index contributed by atoms with van der Waals surface area (Å²) in [7, 11) is 0. The predicted molar refractivity (Wildman–Crippen MR) is 75.1 cm³/mol. The van der Waals surface area contributed by atoms with E-state index in [4.69, 9.17) is 0 Å². The minimum Gasteiger partial charge on any atom is -0.264 e. The Morgan fingerprint density at radius 3 is 1.94 bits per heavy atom. The van der Waals surface area contributed by atoms with Crippen LogP contribution in [0.4, 0.5) is 0 Å². The predicted octanol–water partition coefficient (Wildman–Crippen LogP) is 5.13. The summed E-state index contributed by atoms with van der Waals surface area (Å²) in [6.45, 7) is 16.8. The van der Waals surface area contributed by atoms with Gasteiger partial charge in [-0.25, -0.2) is 0 Å². The molecule has 0 unspecified atom stereocenters. The lowest BCUT2D eigenvalue weighted by Gasteiger charge is -2.11. The van der Waals surface area contributed by atoms with E-state index in [1.165, 1.54) is 16.7 Å². The first-order chi connectivity index (χ1) is 7.66. The maximum absolute atomic E-state index is 4.24. The van der Waals surface area contributed by atoms with Crippen molar-refractivity contribution >= 4 is 0 Å². The van der Waals surface area contributed by atoms with Gasteiger partial charge < -0.3 is 0 Å². The Morgan fingerprint density at radius 1 is 1.06 bits per heavy atom. The summed E-state index contributed by atoms with van der Waals surface area (Å²) in [4.78, 5) is 4.24. The highest BCUT2D eigenvalue weighted by Crippen LogP contribution is 2.20. The van der Waals surface area contributed by atoms with Crippen LogP contribution in [0.3, 0.4) is 0 Å². The third-order valence-electron chi connectivity index (χ3n) is 2.36. The second-order valence-corrected chi connectivity index (χ2v) is 3.52. The minimum atomic E-state index is 0.587. The van der Waals surface area contributed by atoms with Gasteiger partial charge in [0.2, 0.25) is 0 Å². The Kier molecular flexibility index (Phi) is 11.7. The average Bonchev–Trinajstić information content (AvgIpc) is 2.34. The van der Waals surface area contributed by atoms with Crippen molar-refractivity contribution in [2.75, 3.05) is 0 Å². The smallest absolute Gasteiger partial charge is 0.0305 e. The molecule has 1 heteroatoms. The van der Waals surface area contributed by atoms with Gasteiger partial charge in [0.05, 0.1) is 0 Å². The van der Waals surface area contributed by atoms with Crippen molar-refractivity contribution in [2.24, 2.45) is 0 Å². The first kappa shape index (κ1) is 17.5. The monoisotopic (exact) mass is 223 g/mol. The van der Waals surface area contributed by atoms with E-state index in [2.05, 4.69) is 32.7 Å². The molecule has 0 radical (unpaired) electrons. The van der Waals surface area contributed by atoms with Crippen LogP contribution in [0.2, 0.25) is 0 Å². The SMILES string of the molecule is CC.CC.CCc1cncc(C(C)C)c1C. The van der Waals surface area contributed by atoms with Gasteiger partial charge in [-0.15, -0.1) is 0 Å². The summed E-state index contributed by atoms with van der Waals surface area (Å²) < 4.78 is 0. The Balaban J connectivity index is 0. The highest BCUT2D eigenvalue weighted by molar-refractivity contribution is 5.32. The molecule has 1 nitrogen and oxygen atoms in total. The average molecular weight is 223 g/mol. The van der Waals surface area contributed by atoms with Crippen molar-refractivity contribution < 1.29 is 0 Å². The second kappa shape index (κ2) is 10.7. The summed E-state index contributed by atoms with van der Waals surface area (Å²) in [5.41, 5.74) is 4.18. The van der Waals surface area contributed by atoms with Crippen molar-refractivity contribution in [3.63, 3.8) is 0 Å². The van der Waals surface area contributed by atoms with E-state index in [0.29, 0.717) is 5.92 Å². The molecule has 0 saturated carbocycles. The number of pyridine rings is 1. The van der Waals surface area contributed by atoms with E-state index in [1.807, 2.05) is 40.1 Å². The van der Waals surface area contributed by atoms with Crippen LogP contribution in [-0.2, 0) is 6.42 Å². The lowest BCUT2D eigenvalue weighted by molar-refractivity contribution is 0.838. The number of aromatic nitrogens is 1. The molecular weight excluding hydrogens is 194 g/mol. The van der Waals surface area contributed by atoms with Crippen LogP contribution in [0.25, 0.3) is 0 Å². The molecule has 1 aromatic heterocycles. The van der Waals surface area contributed by atoms with Crippen molar-refractivity contribution in [2.45, 2.75) is 67.7 Å². The number of rotatable bonds is 2. The summed E-state index contributed by atoms with van der Waals surface area (Å²) in [6, 6.07) is 0. The van der Waals surface area contributed by atoms with Crippen LogP contribution in [-0.4, -0.2) is 4.98 Å². The molecule has 0 bridgehead atoms. The first-order valence-electron chi connectivity index (χ1n) is 6.60. The molecule has 16 heavy (non-hydrogen) atoms. The van der Waals surface area contributed by atoms with Crippen LogP contribution >= 0.6 is 0 Å². The van der Waals surface area contributed by atoms with E-state index in [0.717, 1.165) is 6.42 Å². The van der Waals surface area contributed by atoms with Crippen LogP contribution in [0.1, 0.15) is 71.1 Å². The van der Waals surface area contributed by atoms with Crippen molar-refractivity contribution in [3.05, 3.63) is 29.1 Å². The third-order valence-corrected chi connectivity index (χ3v) is 2.36. The van der Waals surface area contributed by atoms with E-state index in [-0.39, 0.29) is 0 Å². The van der Waals surface area contributed by atoms with Gasteiger partial charge in [0.25, 0.3) is 0 Å². The third kappa shape index (κ3) is 5.29. The number of nitrogens with zero attached hydrogens (tertiary/aromatic N) is 1. The van der Waals surface area contributed by atoms with Gasteiger partial charge in [0.1, 0.15) is 0 Å². The molecule has 0 aliphatic rings. The van der Waals surface area contributed by atoms with Crippen LogP contribution in [0, 0.1) is 6.92 Å². The van der Waals surface area contributed by atoms with Crippen molar-refractivity contribution in [1.82, 2.24) is 4.98 Å². The van der Waals surface area contributed by atoms with Gasteiger partial charge in [0, 0.05) is 12.4 Å². The van der Waals surface area contributed by atoms with Gasteiger partial charge in [-0.1, -0.05) is 48.5 Å². The molecule has 0 amide bonds. The highest BCUT2D eigenvalue weighted by Gasteiger charge is 2.05. The molecule has 0 aliphatic carbocycles. The Bertz CT molecular complexity index is 264. The standard InChI is InChI=1S/C11H17N.2C2H6/c1-5-10-6-12-7-11(8(2)3)9(10)4;2*1-2/h6-8H,5H2,1-4H3;2*1-2H3. The molecule has 1 rings (SSSR count). The van der Waals surface area contributed by atoms with Gasteiger partial charge in [-0.3, -0.25) is 4.98 Å². The number of hydrogen-bond donors (Lipinski definition) is 0. The molecule has 0 aromatic carbocycles. The van der Waals surface area contributed by atoms with E-state index < -0.39 is 0 Å². The van der Waals surface area contributed by atoms with Gasteiger partial charge in [-0.2, -0.15) is 0 Å². The lowest BCUT2D eigenvalue weighted by Crippen LogP contribution is -1.97. The van der Waals surface area contributed by atoms with Crippen molar-refractivity contribution in [1.29, 1.82) is 0 Å². The summed E-state index contributed by atoms with van der Waals surface area (Å²) in [5, 5.41) is 0. The number of aryl methyl sites for hydroxylation is 1. The molecule has 0 atom stereocenters. The normalized spacial score (nSPS) is 8.81. The molecule has 1 heterocycles. The zero-order chi connectivity index (χ0) is 13.1. The molecule has 0 spiro atoms. The fourth-order valence-electron chi connectivity index (χ4n) is 1.53. The van der Waals surface area contributed by atoms with Gasteiger partial charge in [0.15, 0.2) is 0 Å². The van der Waals surface area contributed by atoms with E-state index >= 15 is 0 Å². The largest absolute Gasteiger partial charge is 0.264 e. The fourth-order valence-corrected chi connectivity index (χ4v) is 1.53. The maximum atomic E-state index is 4.24. The summed E-state index contributed by atoms with van der Waals surface area (Å²) in [6.07, 6.45) is 5.04. The van der Waals surface area contributed by atoms with Gasteiger partial charge >= 0.3 is 0 Å².